The molecule has 0 fully saturated rings. The molecule has 0 amide bonds. The number of hydrogen-bond acceptors (Lipinski definition) is 1. The highest BCUT2D eigenvalue weighted by Crippen LogP contribution is 2.37. The van der Waals surface area contributed by atoms with Crippen molar-refractivity contribution in [2.45, 2.75) is 6.04 Å². The molecule has 4 aromatic rings. The van der Waals surface area contributed by atoms with E-state index in [2.05, 4.69) is 72.0 Å². The first-order valence-electron chi connectivity index (χ1n) is 9.20. The molecule has 0 aliphatic carbocycles. The van der Waals surface area contributed by atoms with Crippen LogP contribution in [0.5, 0.6) is 0 Å². The summed E-state index contributed by atoms with van der Waals surface area (Å²) in [4.78, 5) is 0. The lowest BCUT2D eigenvalue weighted by Crippen LogP contribution is -2.24. The van der Waals surface area contributed by atoms with E-state index in [4.69, 9.17) is 23.2 Å². The molecule has 1 heterocycles. The van der Waals surface area contributed by atoms with Crippen LogP contribution in [0.2, 0.25) is 0 Å². The molecule has 1 N–H and O–H groups in total. The second-order valence-corrected chi connectivity index (χ2v) is 7.84. The summed E-state index contributed by atoms with van der Waals surface area (Å²) in [6.45, 7) is 0. The van der Waals surface area contributed by atoms with E-state index in [1.807, 2.05) is 24.3 Å². The predicted octanol–water partition coefficient (Wildman–Crippen LogP) is 7.37. The average Bonchev–Trinajstić information content (AvgIpc) is 2.73. The number of fused-ring (bicyclic) bond motifs is 2. The maximum atomic E-state index is 6.59. The van der Waals surface area contributed by atoms with Gasteiger partial charge in [0, 0.05) is 5.03 Å². The smallest absolute Gasteiger partial charge is 0.0875 e. The Morgan fingerprint density at radius 2 is 1.25 bits per heavy atom. The Morgan fingerprint density at radius 3 is 1.96 bits per heavy atom. The molecule has 0 saturated heterocycles. The van der Waals surface area contributed by atoms with Gasteiger partial charge < -0.3 is 5.32 Å². The predicted molar refractivity (Wildman–Crippen MR) is 120 cm³/mol. The Kier molecular flexibility index (Phi) is 4.35. The molecule has 1 atom stereocenters. The lowest BCUT2D eigenvalue weighted by atomic mass is 9.97. The van der Waals surface area contributed by atoms with Crippen LogP contribution in [0.4, 0.5) is 0 Å². The lowest BCUT2D eigenvalue weighted by molar-refractivity contribution is 0.750. The molecule has 0 spiro atoms. The first kappa shape index (κ1) is 17.4. The molecular weight excluding hydrogens is 385 g/mol. The van der Waals surface area contributed by atoms with Crippen LogP contribution in [0, 0.1) is 0 Å². The minimum atomic E-state index is -0.129. The maximum absolute atomic E-state index is 6.59. The van der Waals surface area contributed by atoms with Crippen LogP contribution in [0.1, 0.15) is 17.2 Å². The second-order valence-electron chi connectivity index (χ2n) is 7.00. The minimum Gasteiger partial charge on any atom is -0.372 e. The highest BCUT2D eigenvalue weighted by Gasteiger charge is 2.23. The fourth-order valence-corrected chi connectivity index (χ4v) is 4.38. The van der Waals surface area contributed by atoms with Gasteiger partial charge in [-0.25, -0.2) is 0 Å². The van der Waals surface area contributed by atoms with Gasteiger partial charge >= 0.3 is 0 Å². The number of allylic oxidation sites excluding steroid dienone is 2. The van der Waals surface area contributed by atoms with Crippen LogP contribution >= 0.6 is 23.2 Å². The largest absolute Gasteiger partial charge is 0.372 e. The summed E-state index contributed by atoms with van der Waals surface area (Å²) in [6, 6.07) is 29.3. The number of nitrogens with one attached hydrogen (secondary N) is 1. The van der Waals surface area contributed by atoms with E-state index in [1.165, 1.54) is 21.5 Å². The fraction of sp³-hybridized carbons (Fsp3) is 0.0400. The van der Waals surface area contributed by atoms with Crippen LogP contribution in [-0.2, 0) is 0 Å². The van der Waals surface area contributed by atoms with Crippen LogP contribution in [0.25, 0.3) is 27.2 Å². The van der Waals surface area contributed by atoms with Crippen LogP contribution in [0.15, 0.2) is 101 Å². The molecule has 0 aromatic heterocycles. The quantitative estimate of drug-likeness (QED) is 0.369. The van der Waals surface area contributed by atoms with Gasteiger partial charge in [0.1, 0.15) is 0 Å². The third-order valence-corrected chi connectivity index (χ3v) is 5.84. The molecule has 0 bridgehead atoms. The summed E-state index contributed by atoms with van der Waals surface area (Å²) < 4.78 is 0. The molecular formula is C25H17Cl2N. The van der Waals surface area contributed by atoms with Crippen LogP contribution in [-0.4, -0.2) is 0 Å². The van der Waals surface area contributed by atoms with Crippen LogP contribution in [0.3, 0.4) is 0 Å². The molecule has 0 radical (unpaired) electrons. The van der Waals surface area contributed by atoms with E-state index < -0.39 is 0 Å². The van der Waals surface area contributed by atoms with E-state index in [0.717, 1.165) is 16.8 Å². The molecule has 5 rings (SSSR count). The molecule has 28 heavy (non-hydrogen) atoms. The van der Waals surface area contributed by atoms with E-state index >= 15 is 0 Å². The molecule has 1 aliphatic rings. The lowest BCUT2D eigenvalue weighted by Gasteiger charge is -2.27. The van der Waals surface area contributed by atoms with Crippen molar-refractivity contribution in [2.75, 3.05) is 0 Å². The summed E-state index contributed by atoms with van der Waals surface area (Å²) in [5.74, 6) is 0. The highest BCUT2D eigenvalue weighted by molar-refractivity contribution is 6.37. The van der Waals surface area contributed by atoms with Crippen molar-refractivity contribution in [3.8, 4) is 0 Å². The van der Waals surface area contributed by atoms with Crippen molar-refractivity contribution in [3.05, 3.63) is 112 Å². The second kappa shape index (κ2) is 7.01. The van der Waals surface area contributed by atoms with Gasteiger partial charge in [0.2, 0.25) is 0 Å². The van der Waals surface area contributed by atoms with Gasteiger partial charge in [-0.1, -0.05) is 96.0 Å². The van der Waals surface area contributed by atoms with Crippen molar-refractivity contribution in [2.24, 2.45) is 0 Å². The van der Waals surface area contributed by atoms with Crippen molar-refractivity contribution in [1.82, 2.24) is 5.32 Å². The maximum Gasteiger partial charge on any atom is 0.0875 e. The van der Waals surface area contributed by atoms with Gasteiger partial charge in [-0.3, -0.25) is 0 Å². The monoisotopic (exact) mass is 401 g/mol. The summed E-state index contributed by atoms with van der Waals surface area (Å²) >= 11 is 13.2. The Bertz CT molecular complexity index is 1270. The molecule has 0 saturated carbocycles. The first-order valence-corrected chi connectivity index (χ1v) is 9.96. The number of hydrogen-bond donors (Lipinski definition) is 1. The third-order valence-electron chi connectivity index (χ3n) is 5.21. The molecule has 4 aromatic carbocycles. The number of rotatable bonds is 2. The molecule has 1 nitrogen and oxygen atoms in total. The summed E-state index contributed by atoms with van der Waals surface area (Å²) in [5.41, 5.74) is 3.06. The van der Waals surface area contributed by atoms with Gasteiger partial charge in [0.25, 0.3) is 0 Å². The van der Waals surface area contributed by atoms with Crippen molar-refractivity contribution < 1.29 is 0 Å². The molecule has 1 aliphatic heterocycles. The normalized spacial score (nSPS) is 16.9. The SMILES string of the molecule is ClC1=CC(Cl)=C(c2ccc3ccccc3c2)NC1c1ccc2ccccc2c1. The minimum absolute atomic E-state index is 0.129. The van der Waals surface area contributed by atoms with Crippen LogP contribution < -0.4 is 5.32 Å². The summed E-state index contributed by atoms with van der Waals surface area (Å²) in [6.07, 6.45) is 1.85. The standard InChI is InChI=1S/C25H17Cl2N/c26-22-15-23(27)25(21-12-10-17-6-2-4-8-19(17)14-21)28-24(22)20-11-9-16-5-1-3-7-18(16)13-20/h1-15,24,28H. The number of halogens is 2. The summed E-state index contributed by atoms with van der Waals surface area (Å²) in [7, 11) is 0. The zero-order chi connectivity index (χ0) is 19.1. The number of benzene rings is 4. The topological polar surface area (TPSA) is 12.0 Å². The van der Waals surface area contributed by atoms with E-state index in [0.29, 0.717) is 10.1 Å². The van der Waals surface area contributed by atoms with Crippen molar-refractivity contribution >= 4 is 50.4 Å². The Hall–Kier alpha value is -2.74. The van der Waals surface area contributed by atoms with Gasteiger partial charge in [0.15, 0.2) is 0 Å². The van der Waals surface area contributed by atoms with E-state index in [1.54, 1.807) is 0 Å². The molecule has 136 valence electrons. The van der Waals surface area contributed by atoms with E-state index in [9.17, 15) is 0 Å². The van der Waals surface area contributed by atoms with Crippen molar-refractivity contribution in [3.63, 3.8) is 0 Å². The first-order chi connectivity index (χ1) is 13.7. The van der Waals surface area contributed by atoms with E-state index in [-0.39, 0.29) is 6.04 Å². The average molecular weight is 402 g/mol. The van der Waals surface area contributed by atoms with Gasteiger partial charge in [-0.15, -0.1) is 0 Å². The summed E-state index contributed by atoms with van der Waals surface area (Å²) in [5, 5.41) is 9.67. The zero-order valence-electron chi connectivity index (χ0n) is 15.0. The van der Waals surface area contributed by atoms with Crippen molar-refractivity contribution in [1.29, 1.82) is 0 Å². The Morgan fingerprint density at radius 1 is 0.643 bits per heavy atom. The Labute approximate surface area is 173 Å². The van der Waals surface area contributed by atoms with Gasteiger partial charge in [-0.2, -0.15) is 0 Å². The van der Waals surface area contributed by atoms with Gasteiger partial charge in [0.05, 0.1) is 16.8 Å². The fourth-order valence-electron chi connectivity index (χ4n) is 3.75. The molecule has 1 unspecified atom stereocenters. The molecule has 3 heteroatoms. The zero-order valence-corrected chi connectivity index (χ0v) is 16.5. The highest BCUT2D eigenvalue weighted by atomic mass is 35.5. The Balaban J connectivity index is 1.56. The number of dihydropyridines is 1. The van der Waals surface area contributed by atoms with Gasteiger partial charge in [-0.05, 0) is 50.9 Å². The third kappa shape index (κ3) is 3.07.